The number of aromatic nitrogens is 1. The molecular formula is C38H21N3O. The fraction of sp³-hybridized carbons (Fsp3) is 0. The van der Waals surface area contributed by atoms with Gasteiger partial charge in [0.2, 0.25) is 0 Å². The van der Waals surface area contributed by atoms with E-state index in [0.29, 0.717) is 11.1 Å². The topological polar surface area (TPSA) is 65.7 Å². The Balaban J connectivity index is 1.30. The number of furan rings is 1. The minimum atomic E-state index is 0.583. The maximum absolute atomic E-state index is 10.3. The second kappa shape index (κ2) is 9.24. The molecule has 0 aliphatic rings. The summed E-state index contributed by atoms with van der Waals surface area (Å²) in [5.74, 6) is 0. The molecule has 6 aromatic carbocycles. The second-order valence-electron chi connectivity index (χ2n) is 10.4. The summed E-state index contributed by atoms with van der Waals surface area (Å²) in [6.45, 7) is 0. The minimum Gasteiger partial charge on any atom is -0.456 e. The molecule has 0 saturated carbocycles. The van der Waals surface area contributed by atoms with Crippen molar-refractivity contribution in [1.29, 1.82) is 10.5 Å². The molecule has 2 heterocycles. The molecule has 0 atom stereocenters. The highest BCUT2D eigenvalue weighted by molar-refractivity contribution is 6.10. The van der Waals surface area contributed by atoms with E-state index in [2.05, 4.69) is 89.5 Å². The van der Waals surface area contributed by atoms with Crippen LogP contribution in [0.5, 0.6) is 0 Å². The van der Waals surface area contributed by atoms with Gasteiger partial charge < -0.3 is 8.98 Å². The Hall–Kier alpha value is -6.10. The molecule has 0 radical (unpaired) electrons. The lowest BCUT2D eigenvalue weighted by molar-refractivity contribution is 0.669. The van der Waals surface area contributed by atoms with Gasteiger partial charge in [0.25, 0.3) is 0 Å². The summed E-state index contributed by atoms with van der Waals surface area (Å²) >= 11 is 0. The van der Waals surface area contributed by atoms with E-state index in [1.54, 1.807) is 6.07 Å². The summed E-state index contributed by atoms with van der Waals surface area (Å²) in [6, 6.07) is 47.5. The van der Waals surface area contributed by atoms with Crippen molar-refractivity contribution >= 4 is 43.7 Å². The van der Waals surface area contributed by atoms with Gasteiger partial charge in [0.05, 0.1) is 40.0 Å². The van der Waals surface area contributed by atoms with Crippen molar-refractivity contribution < 1.29 is 4.42 Å². The summed E-state index contributed by atoms with van der Waals surface area (Å²) in [7, 11) is 0. The molecule has 2 aromatic heterocycles. The monoisotopic (exact) mass is 535 g/mol. The average molecular weight is 536 g/mol. The normalized spacial score (nSPS) is 11.3. The van der Waals surface area contributed by atoms with Gasteiger partial charge in [-0.2, -0.15) is 10.5 Å². The van der Waals surface area contributed by atoms with Gasteiger partial charge in [-0.25, -0.2) is 0 Å². The van der Waals surface area contributed by atoms with Gasteiger partial charge in [0.1, 0.15) is 11.2 Å². The summed E-state index contributed by atoms with van der Waals surface area (Å²) in [5, 5.41) is 23.9. The average Bonchev–Trinajstić information content (AvgIpc) is 3.59. The maximum atomic E-state index is 10.3. The van der Waals surface area contributed by atoms with Crippen LogP contribution >= 0.6 is 0 Å². The first-order chi connectivity index (χ1) is 20.7. The molecule has 8 aromatic rings. The van der Waals surface area contributed by atoms with Gasteiger partial charge >= 0.3 is 0 Å². The first kappa shape index (κ1) is 23.8. The molecular weight excluding hydrogens is 514 g/mol. The number of hydrogen-bond donors (Lipinski definition) is 0. The van der Waals surface area contributed by atoms with Gasteiger partial charge in [-0.3, -0.25) is 0 Å². The van der Waals surface area contributed by atoms with E-state index in [-0.39, 0.29) is 0 Å². The maximum Gasteiger partial charge on any atom is 0.135 e. The van der Waals surface area contributed by atoms with E-state index in [1.807, 2.05) is 48.5 Å². The Morgan fingerprint density at radius 2 is 1.12 bits per heavy atom. The van der Waals surface area contributed by atoms with E-state index in [9.17, 15) is 10.5 Å². The highest BCUT2D eigenvalue weighted by Crippen LogP contribution is 2.38. The summed E-state index contributed by atoms with van der Waals surface area (Å²) in [4.78, 5) is 0. The molecule has 0 spiro atoms. The Morgan fingerprint density at radius 3 is 1.86 bits per heavy atom. The van der Waals surface area contributed by atoms with Crippen LogP contribution in [0.2, 0.25) is 0 Å². The Morgan fingerprint density at radius 1 is 0.500 bits per heavy atom. The highest BCUT2D eigenvalue weighted by Gasteiger charge is 2.17. The molecule has 8 rings (SSSR count). The first-order valence-corrected chi connectivity index (χ1v) is 13.7. The SMILES string of the molecule is N#Cc1ccc2oc3ccc(-c4ccc(-c5ccccc5-n5c6ccccc6c6ccccc65)cc4C#N)cc3c2c1. The predicted molar refractivity (Wildman–Crippen MR) is 168 cm³/mol. The molecule has 4 nitrogen and oxygen atoms in total. The zero-order valence-corrected chi connectivity index (χ0v) is 22.4. The van der Waals surface area contributed by atoms with Crippen molar-refractivity contribution in [2.24, 2.45) is 0 Å². The van der Waals surface area contributed by atoms with Crippen LogP contribution in [0.4, 0.5) is 0 Å². The Kier molecular flexibility index (Phi) is 5.22. The Labute approximate surface area is 241 Å². The molecule has 0 saturated heterocycles. The van der Waals surface area contributed by atoms with Crippen molar-refractivity contribution in [3.8, 4) is 40.1 Å². The molecule has 0 unspecified atom stereocenters. The van der Waals surface area contributed by atoms with Gasteiger partial charge in [-0.1, -0.05) is 72.8 Å². The molecule has 0 bridgehead atoms. The molecule has 0 N–H and O–H groups in total. The van der Waals surface area contributed by atoms with Crippen molar-refractivity contribution in [2.45, 2.75) is 0 Å². The summed E-state index contributed by atoms with van der Waals surface area (Å²) in [5.41, 5.74) is 9.80. The van der Waals surface area contributed by atoms with Crippen molar-refractivity contribution in [3.63, 3.8) is 0 Å². The van der Waals surface area contributed by atoms with E-state index in [1.165, 1.54) is 10.8 Å². The van der Waals surface area contributed by atoms with Crippen LogP contribution in [0, 0.1) is 22.7 Å². The first-order valence-electron chi connectivity index (χ1n) is 13.7. The molecule has 0 amide bonds. The molecule has 0 aliphatic carbocycles. The minimum absolute atomic E-state index is 0.583. The van der Waals surface area contributed by atoms with Gasteiger partial charge in [0, 0.05) is 27.1 Å². The summed E-state index contributed by atoms with van der Waals surface area (Å²) < 4.78 is 8.32. The number of benzene rings is 6. The third-order valence-corrected chi connectivity index (χ3v) is 8.09. The van der Waals surface area contributed by atoms with Crippen molar-refractivity contribution in [3.05, 3.63) is 139 Å². The van der Waals surface area contributed by atoms with Crippen LogP contribution in [0.3, 0.4) is 0 Å². The van der Waals surface area contributed by atoms with Crippen molar-refractivity contribution in [2.75, 3.05) is 0 Å². The number of nitrogens with zero attached hydrogens (tertiary/aromatic N) is 3. The number of fused-ring (bicyclic) bond motifs is 6. The van der Waals surface area contributed by atoms with Crippen LogP contribution < -0.4 is 0 Å². The van der Waals surface area contributed by atoms with Crippen LogP contribution in [0.25, 0.3) is 71.7 Å². The zero-order valence-electron chi connectivity index (χ0n) is 22.4. The zero-order chi connectivity index (χ0) is 28.2. The van der Waals surface area contributed by atoms with E-state index < -0.39 is 0 Å². The number of para-hydroxylation sites is 3. The fourth-order valence-electron chi connectivity index (χ4n) is 6.17. The van der Waals surface area contributed by atoms with E-state index >= 15 is 0 Å². The van der Waals surface area contributed by atoms with Crippen LogP contribution in [0.15, 0.2) is 132 Å². The number of hydrogen-bond acceptors (Lipinski definition) is 3. The van der Waals surface area contributed by atoms with Gasteiger partial charge in [-0.15, -0.1) is 0 Å². The molecule has 4 heteroatoms. The van der Waals surface area contributed by atoms with Crippen molar-refractivity contribution in [1.82, 2.24) is 4.57 Å². The fourth-order valence-corrected chi connectivity index (χ4v) is 6.17. The number of nitriles is 2. The largest absolute Gasteiger partial charge is 0.456 e. The third kappa shape index (κ3) is 3.53. The lowest BCUT2D eigenvalue weighted by Crippen LogP contribution is -1.97. The molecule has 194 valence electrons. The molecule has 0 fully saturated rings. The smallest absolute Gasteiger partial charge is 0.135 e. The second-order valence-corrected chi connectivity index (χ2v) is 10.4. The highest BCUT2D eigenvalue weighted by atomic mass is 16.3. The van der Waals surface area contributed by atoms with Gasteiger partial charge in [-0.05, 0) is 71.3 Å². The van der Waals surface area contributed by atoms with Crippen LogP contribution in [-0.4, -0.2) is 4.57 Å². The lowest BCUT2D eigenvalue weighted by atomic mass is 9.94. The van der Waals surface area contributed by atoms with Crippen LogP contribution in [0.1, 0.15) is 11.1 Å². The van der Waals surface area contributed by atoms with Crippen LogP contribution in [-0.2, 0) is 0 Å². The van der Waals surface area contributed by atoms with E-state index in [0.717, 1.165) is 60.9 Å². The van der Waals surface area contributed by atoms with Gasteiger partial charge in [0.15, 0.2) is 0 Å². The number of rotatable bonds is 3. The lowest BCUT2D eigenvalue weighted by Gasteiger charge is -2.15. The predicted octanol–water partition coefficient (Wildman–Crippen LogP) is 9.76. The van der Waals surface area contributed by atoms with E-state index in [4.69, 9.17) is 4.42 Å². The molecule has 42 heavy (non-hydrogen) atoms. The quantitative estimate of drug-likeness (QED) is 0.226. The third-order valence-electron chi connectivity index (χ3n) is 8.09. The Bertz CT molecular complexity index is 2390. The summed E-state index contributed by atoms with van der Waals surface area (Å²) in [6.07, 6.45) is 0. The molecule has 0 aliphatic heterocycles. The standard InChI is InChI=1S/C38H21N3O/c39-22-24-13-17-37-32(19-24)33-21-26(15-18-38(33)42-37)28-16-14-25(20-27(28)23-40)29-7-1-4-10-34(29)41-35-11-5-2-8-30(35)31-9-3-6-12-36(31)41/h1-21H.